The molecule has 0 radical (unpaired) electrons. The van der Waals surface area contributed by atoms with Crippen molar-refractivity contribution in [3.63, 3.8) is 0 Å². The van der Waals surface area contributed by atoms with E-state index in [1.165, 1.54) is 0 Å². The molecule has 0 atom stereocenters. The molecule has 12 heavy (non-hydrogen) atoms. The van der Waals surface area contributed by atoms with Crippen molar-refractivity contribution in [1.82, 2.24) is 0 Å². The van der Waals surface area contributed by atoms with Gasteiger partial charge in [0, 0.05) is 19.6 Å². The Morgan fingerprint density at radius 1 is 1.50 bits per heavy atom. The zero-order valence-corrected chi connectivity index (χ0v) is 7.58. The molecule has 0 aromatic rings. The van der Waals surface area contributed by atoms with E-state index >= 15 is 0 Å². The van der Waals surface area contributed by atoms with Gasteiger partial charge in [-0.15, -0.1) is 0 Å². The highest BCUT2D eigenvalue weighted by atomic mass is 16.5. The molecule has 1 heterocycles. The van der Waals surface area contributed by atoms with Gasteiger partial charge in [-0.2, -0.15) is 0 Å². The van der Waals surface area contributed by atoms with E-state index in [1.807, 2.05) is 13.0 Å². The fraction of sp³-hybridized carbons (Fsp3) is 0.700. The van der Waals surface area contributed by atoms with Gasteiger partial charge in [-0.05, 0) is 24.8 Å². The molecular weight excluding hydrogens is 152 g/mol. The molecule has 0 aromatic carbocycles. The Morgan fingerprint density at radius 3 is 2.75 bits per heavy atom. The first kappa shape index (κ1) is 9.46. The minimum atomic E-state index is 0.224. The minimum absolute atomic E-state index is 0.224. The molecule has 0 unspecified atom stereocenters. The van der Waals surface area contributed by atoms with E-state index < -0.39 is 0 Å². The highest BCUT2D eigenvalue weighted by molar-refractivity contribution is 5.89. The number of hydrogen-bond acceptors (Lipinski definition) is 2. The maximum atomic E-state index is 10.9. The van der Waals surface area contributed by atoms with Gasteiger partial charge in [0.05, 0.1) is 0 Å². The van der Waals surface area contributed by atoms with Gasteiger partial charge in [-0.1, -0.05) is 13.0 Å². The summed E-state index contributed by atoms with van der Waals surface area (Å²) in [6.07, 6.45) is 6.49. The fourth-order valence-corrected chi connectivity index (χ4v) is 1.27. The lowest BCUT2D eigenvalue weighted by molar-refractivity contribution is -0.114. The molecule has 2 heteroatoms. The van der Waals surface area contributed by atoms with Crippen molar-refractivity contribution in [2.24, 2.45) is 5.92 Å². The molecule has 2 nitrogen and oxygen atoms in total. The second-order valence-corrected chi connectivity index (χ2v) is 3.13. The van der Waals surface area contributed by atoms with Gasteiger partial charge in [-0.25, -0.2) is 0 Å². The van der Waals surface area contributed by atoms with Crippen LogP contribution < -0.4 is 0 Å². The van der Waals surface area contributed by atoms with Gasteiger partial charge >= 0.3 is 0 Å². The van der Waals surface area contributed by atoms with Gasteiger partial charge in [0.25, 0.3) is 0 Å². The van der Waals surface area contributed by atoms with Gasteiger partial charge in [0.1, 0.15) is 0 Å². The predicted octanol–water partition coefficient (Wildman–Crippen LogP) is 1.95. The second kappa shape index (κ2) is 5.09. The van der Waals surface area contributed by atoms with Crippen LogP contribution in [0.15, 0.2) is 12.2 Å². The van der Waals surface area contributed by atoms with E-state index in [0.717, 1.165) is 26.1 Å². The van der Waals surface area contributed by atoms with E-state index in [2.05, 4.69) is 0 Å². The average Bonchev–Trinajstić information content (AvgIpc) is 2.16. The van der Waals surface area contributed by atoms with Crippen LogP contribution in [0, 0.1) is 5.92 Å². The third-order valence-corrected chi connectivity index (χ3v) is 2.17. The SMILES string of the molecule is CCC(=O)/C=C/C1CCOCC1. The summed E-state index contributed by atoms with van der Waals surface area (Å²) >= 11 is 0. The van der Waals surface area contributed by atoms with Crippen LogP contribution in [0.2, 0.25) is 0 Å². The largest absolute Gasteiger partial charge is 0.381 e. The van der Waals surface area contributed by atoms with E-state index in [9.17, 15) is 4.79 Å². The van der Waals surface area contributed by atoms with Crippen LogP contribution in [-0.2, 0) is 9.53 Å². The Morgan fingerprint density at radius 2 is 2.17 bits per heavy atom. The molecule has 1 rings (SSSR count). The second-order valence-electron chi connectivity index (χ2n) is 3.13. The first-order valence-electron chi connectivity index (χ1n) is 4.61. The summed E-state index contributed by atoms with van der Waals surface area (Å²) in [5.74, 6) is 0.788. The lowest BCUT2D eigenvalue weighted by Gasteiger charge is -2.18. The van der Waals surface area contributed by atoms with E-state index in [4.69, 9.17) is 4.74 Å². The van der Waals surface area contributed by atoms with Gasteiger partial charge in [0.2, 0.25) is 0 Å². The highest BCUT2D eigenvalue weighted by Gasteiger charge is 2.10. The van der Waals surface area contributed by atoms with Crippen LogP contribution >= 0.6 is 0 Å². The standard InChI is InChI=1S/C10H16O2/c1-2-10(11)4-3-9-5-7-12-8-6-9/h3-4,9H,2,5-8H2,1H3/b4-3+. The molecule has 0 bridgehead atoms. The van der Waals surface area contributed by atoms with Crippen LogP contribution in [0.1, 0.15) is 26.2 Å². The number of rotatable bonds is 3. The first-order valence-corrected chi connectivity index (χ1v) is 4.61. The lowest BCUT2D eigenvalue weighted by atomic mass is 9.99. The zero-order chi connectivity index (χ0) is 8.81. The predicted molar refractivity (Wildman–Crippen MR) is 48.0 cm³/mol. The molecule has 0 aromatic heterocycles. The Hall–Kier alpha value is -0.630. The minimum Gasteiger partial charge on any atom is -0.381 e. The third-order valence-electron chi connectivity index (χ3n) is 2.17. The third kappa shape index (κ3) is 3.18. The Labute approximate surface area is 73.6 Å². The highest BCUT2D eigenvalue weighted by Crippen LogP contribution is 2.15. The number of carbonyl (C=O) groups is 1. The molecule has 1 aliphatic rings. The monoisotopic (exact) mass is 168 g/mol. The zero-order valence-electron chi connectivity index (χ0n) is 7.58. The number of allylic oxidation sites excluding steroid dienone is 2. The van der Waals surface area contributed by atoms with Crippen LogP contribution in [0.4, 0.5) is 0 Å². The Kier molecular flexibility index (Phi) is 4.01. The van der Waals surface area contributed by atoms with Crippen LogP contribution in [0.3, 0.4) is 0 Å². The summed E-state index contributed by atoms with van der Waals surface area (Å²) in [5.41, 5.74) is 0. The molecular formula is C10H16O2. The lowest BCUT2D eigenvalue weighted by Crippen LogP contribution is -2.13. The molecule has 1 saturated heterocycles. The van der Waals surface area contributed by atoms with Crippen molar-refractivity contribution in [2.45, 2.75) is 26.2 Å². The van der Waals surface area contributed by atoms with Gasteiger partial charge < -0.3 is 4.74 Å². The van der Waals surface area contributed by atoms with Crippen LogP contribution in [0.25, 0.3) is 0 Å². The average molecular weight is 168 g/mol. The van der Waals surface area contributed by atoms with Crippen molar-refractivity contribution in [3.05, 3.63) is 12.2 Å². The number of carbonyl (C=O) groups excluding carboxylic acids is 1. The Bertz CT molecular complexity index is 167. The number of ether oxygens (including phenoxy) is 1. The van der Waals surface area contributed by atoms with Crippen molar-refractivity contribution in [1.29, 1.82) is 0 Å². The molecule has 0 saturated carbocycles. The summed E-state index contributed by atoms with van der Waals surface area (Å²) in [7, 11) is 0. The van der Waals surface area contributed by atoms with Crippen molar-refractivity contribution < 1.29 is 9.53 Å². The molecule has 0 amide bonds. The van der Waals surface area contributed by atoms with Crippen LogP contribution in [-0.4, -0.2) is 19.0 Å². The summed E-state index contributed by atoms with van der Waals surface area (Å²) in [4.78, 5) is 10.9. The first-order chi connectivity index (χ1) is 5.83. The summed E-state index contributed by atoms with van der Waals surface area (Å²) < 4.78 is 5.21. The molecule has 1 fully saturated rings. The normalized spacial score (nSPS) is 20.1. The molecule has 0 spiro atoms. The summed E-state index contributed by atoms with van der Waals surface area (Å²) in [5, 5.41) is 0. The smallest absolute Gasteiger partial charge is 0.155 e. The van der Waals surface area contributed by atoms with Crippen molar-refractivity contribution in [3.8, 4) is 0 Å². The van der Waals surface area contributed by atoms with Crippen molar-refractivity contribution >= 4 is 5.78 Å². The molecule has 68 valence electrons. The van der Waals surface area contributed by atoms with Crippen LogP contribution in [0.5, 0.6) is 0 Å². The summed E-state index contributed by atoms with van der Waals surface area (Å²) in [6, 6.07) is 0. The Balaban J connectivity index is 2.28. The maximum absolute atomic E-state index is 10.9. The number of ketones is 1. The fourth-order valence-electron chi connectivity index (χ4n) is 1.27. The maximum Gasteiger partial charge on any atom is 0.155 e. The quantitative estimate of drug-likeness (QED) is 0.602. The molecule has 0 N–H and O–H groups in total. The van der Waals surface area contributed by atoms with E-state index in [1.54, 1.807) is 6.08 Å². The van der Waals surface area contributed by atoms with Crippen molar-refractivity contribution in [2.75, 3.05) is 13.2 Å². The molecule has 1 aliphatic heterocycles. The summed E-state index contributed by atoms with van der Waals surface area (Å²) in [6.45, 7) is 3.57. The number of hydrogen-bond donors (Lipinski definition) is 0. The van der Waals surface area contributed by atoms with Gasteiger partial charge in [0.15, 0.2) is 5.78 Å². The van der Waals surface area contributed by atoms with Gasteiger partial charge in [-0.3, -0.25) is 4.79 Å². The topological polar surface area (TPSA) is 26.3 Å². The van der Waals surface area contributed by atoms with E-state index in [-0.39, 0.29) is 5.78 Å². The molecule has 0 aliphatic carbocycles. The van der Waals surface area contributed by atoms with E-state index in [0.29, 0.717) is 12.3 Å².